The molecule has 0 aromatic heterocycles. The van der Waals surface area contributed by atoms with Gasteiger partial charge in [-0.3, -0.25) is 4.79 Å². The molecule has 1 N–H and O–H groups in total. The van der Waals surface area contributed by atoms with E-state index in [1.165, 1.54) is 0 Å². The van der Waals surface area contributed by atoms with Gasteiger partial charge in [-0.1, -0.05) is 27.7 Å². The molecule has 0 aromatic rings. The van der Waals surface area contributed by atoms with Crippen LogP contribution in [-0.4, -0.2) is 31.4 Å². The minimum atomic E-state index is -1.83. The van der Waals surface area contributed by atoms with Crippen LogP contribution >= 0.6 is 0 Å². The van der Waals surface area contributed by atoms with E-state index in [1.807, 2.05) is 0 Å². The van der Waals surface area contributed by atoms with E-state index in [2.05, 4.69) is 40.8 Å². The van der Waals surface area contributed by atoms with E-state index in [-0.39, 0.29) is 22.8 Å². The van der Waals surface area contributed by atoms with Crippen molar-refractivity contribution >= 4 is 14.1 Å². The molecule has 2 saturated carbocycles. The molecule has 0 radical (unpaired) electrons. The molecule has 4 heteroatoms. The first-order chi connectivity index (χ1) is 9.54. The van der Waals surface area contributed by atoms with Crippen LogP contribution in [0, 0.1) is 17.8 Å². The first-order valence-electron chi connectivity index (χ1n) is 8.43. The van der Waals surface area contributed by atoms with Gasteiger partial charge in [-0.15, -0.1) is 0 Å². The largest absolute Gasteiger partial charge is 0.414 e. The van der Waals surface area contributed by atoms with Gasteiger partial charge in [0.15, 0.2) is 14.1 Å². The Bertz CT molecular complexity index is 399. The van der Waals surface area contributed by atoms with Crippen molar-refractivity contribution in [1.82, 2.24) is 0 Å². The highest BCUT2D eigenvalue weighted by Crippen LogP contribution is 2.47. The first-order valence-corrected chi connectivity index (χ1v) is 11.3. The maximum Gasteiger partial charge on any atom is 0.192 e. The standard InChI is InChI=1S/C17H32O3Si/c1-11-7-8-12-14(20-21(5,6)17(2,3)4)10-9-13(18)16(19)15(11)12/h11-12,14-16,19H,7-10H2,1-6H3/t11-,12+,14-,15-,16-/m0/s1. The fraction of sp³-hybridized carbons (Fsp3) is 0.941. The fourth-order valence-electron chi connectivity index (χ4n) is 3.80. The van der Waals surface area contributed by atoms with E-state index in [0.717, 1.165) is 19.3 Å². The van der Waals surface area contributed by atoms with E-state index in [1.54, 1.807) is 0 Å². The third-order valence-corrected chi connectivity index (χ3v) is 10.7. The number of Topliss-reactive ketones (excluding diaryl/α,β-unsaturated/α-hetero) is 1. The molecule has 0 unspecified atom stereocenters. The van der Waals surface area contributed by atoms with Gasteiger partial charge in [0.2, 0.25) is 0 Å². The van der Waals surface area contributed by atoms with Gasteiger partial charge in [0.1, 0.15) is 6.10 Å². The zero-order valence-corrected chi connectivity index (χ0v) is 15.5. The number of hydrogen-bond acceptors (Lipinski definition) is 3. The van der Waals surface area contributed by atoms with Crippen molar-refractivity contribution in [1.29, 1.82) is 0 Å². The second-order valence-corrected chi connectivity index (χ2v) is 13.4. The third kappa shape index (κ3) is 3.27. The van der Waals surface area contributed by atoms with Gasteiger partial charge in [-0.25, -0.2) is 0 Å². The predicted molar refractivity (Wildman–Crippen MR) is 87.7 cm³/mol. The van der Waals surface area contributed by atoms with Crippen LogP contribution in [0.3, 0.4) is 0 Å². The molecule has 0 aromatic carbocycles. The molecular formula is C17H32O3Si. The lowest BCUT2D eigenvalue weighted by Gasteiger charge is -2.41. The van der Waals surface area contributed by atoms with Crippen molar-refractivity contribution in [2.24, 2.45) is 17.8 Å². The summed E-state index contributed by atoms with van der Waals surface area (Å²) in [5.74, 6) is 0.919. The summed E-state index contributed by atoms with van der Waals surface area (Å²) >= 11 is 0. The van der Waals surface area contributed by atoms with Gasteiger partial charge in [-0.05, 0) is 55.1 Å². The Hall–Kier alpha value is -0.193. The van der Waals surface area contributed by atoms with E-state index in [9.17, 15) is 9.90 Å². The van der Waals surface area contributed by atoms with Gasteiger partial charge >= 0.3 is 0 Å². The monoisotopic (exact) mass is 312 g/mol. The van der Waals surface area contributed by atoms with Crippen molar-refractivity contribution in [3.05, 3.63) is 0 Å². The molecular weight excluding hydrogens is 280 g/mol. The Labute approximate surface area is 130 Å². The SMILES string of the molecule is C[C@H]1CC[C@H]2[C@H]1[C@@H](O)C(=O)CC[C@@H]2O[Si](C)(C)C(C)(C)C. The van der Waals surface area contributed by atoms with Gasteiger partial charge in [0.25, 0.3) is 0 Å². The number of fused-ring (bicyclic) bond motifs is 1. The number of aliphatic hydroxyl groups excluding tert-OH is 1. The highest BCUT2D eigenvalue weighted by Gasteiger charge is 2.49. The van der Waals surface area contributed by atoms with Crippen molar-refractivity contribution in [3.8, 4) is 0 Å². The molecule has 0 aliphatic heterocycles. The van der Waals surface area contributed by atoms with Gasteiger partial charge < -0.3 is 9.53 Å². The Kier molecular flexibility index (Phi) is 4.73. The topological polar surface area (TPSA) is 46.5 Å². The smallest absolute Gasteiger partial charge is 0.192 e. The number of rotatable bonds is 2. The number of carbonyl (C=O) groups excluding carboxylic acids is 1. The van der Waals surface area contributed by atoms with Crippen LogP contribution in [0.2, 0.25) is 18.1 Å². The van der Waals surface area contributed by atoms with Crippen LogP contribution in [0.4, 0.5) is 0 Å². The molecule has 2 aliphatic carbocycles. The summed E-state index contributed by atoms with van der Waals surface area (Å²) in [5, 5.41) is 10.6. The summed E-state index contributed by atoms with van der Waals surface area (Å²) in [5.41, 5.74) is 0. The van der Waals surface area contributed by atoms with Crippen LogP contribution in [0.1, 0.15) is 53.4 Å². The van der Waals surface area contributed by atoms with E-state index >= 15 is 0 Å². The van der Waals surface area contributed by atoms with Crippen molar-refractivity contribution in [3.63, 3.8) is 0 Å². The summed E-state index contributed by atoms with van der Waals surface area (Å²) in [6.45, 7) is 13.5. The summed E-state index contributed by atoms with van der Waals surface area (Å²) in [6.07, 6.45) is 2.85. The Morgan fingerprint density at radius 2 is 1.81 bits per heavy atom. The van der Waals surface area contributed by atoms with Crippen molar-refractivity contribution in [2.75, 3.05) is 0 Å². The van der Waals surface area contributed by atoms with E-state index in [0.29, 0.717) is 18.3 Å². The second-order valence-electron chi connectivity index (χ2n) is 8.66. The first kappa shape index (κ1) is 17.2. The summed E-state index contributed by atoms with van der Waals surface area (Å²) in [6, 6.07) is 0. The number of carbonyl (C=O) groups is 1. The Morgan fingerprint density at radius 3 is 2.38 bits per heavy atom. The molecule has 2 aliphatic rings. The molecule has 21 heavy (non-hydrogen) atoms. The maximum atomic E-state index is 12.1. The highest BCUT2D eigenvalue weighted by atomic mass is 28.4. The molecule has 3 nitrogen and oxygen atoms in total. The number of ketones is 1. The minimum absolute atomic E-state index is 0.0279. The molecule has 5 atom stereocenters. The maximum absolute atomic E-state index is 12.1. The van der Waals surface area contributed by atoms with Gasteiger partial charge in [0.05, 0.1) is 0 Å². The molecule has 0 saturated heterocycles. The average Bonchev–Trinajstić information content (AvgIpc) is 2.68. The number of hydrogen-bond donors (Lipinski definition) is 1. The Balaban J connectivity index is 2.22. The molecule has 2 rings (SSSR count). The van der Waals surface area contributed by atoms with Crippen LogP contribution < -0.4 is 0 Å². The summed E-state index contributed by atoms with van der Waals surface area (Å²) < 4.78 is 6.66. The highest BCUT2D eigenvalue weighted by molar-refractivity contribution is 6.74. The summed E-state index contributed by atoms with van der Waals surface area (Å²) in [7, 11) is -1.83. The Morgan fingerprint density at radius 1 is 1.19 bits per heavy atom. The van der Waals surface area contributed by atoms with E-state index < -0.39 is 14.4 Å². The molecule has 2 fully saturated rings. The fourth-order valence-corrected chi connectivity index (χ4v) is 5.21. The summed E-state index contributed by atoms with van der Waals surface area (Å²) in [4.78, 5) is 12.1. The van der Waals surface area contributed by atoms with E-state index in [4.69, 9.17) is 4.43 Å². The normalized spacial score (nSPS) is 38.2. The zero-order chi connectivity index (χ0) is 16.0. The van der Waals surface area contributed by atoms with Crippen LogP contribution in [-0.2, 0) is 9.22 Å². The van der Waals surface area contributed by atoms with Gasteiger partial charge in [0, 0.05) is 12.5 Å². The zero-order valence-electron chi connectivity index (χ0n) is 14.5. The molecule has 122 valence electrons. The second kappa shape index (κ2) is 5.78. The minimum Gasteiger partial charge on any atom is -0.414 e. The third-order valence-electron chi connectivity index (χ3n) is 6.21. The molecule has 0 bridgehead atoms. The molecule has 0 heterocycles. The molecule has 0 amide bonds. The quantitative estimate of drug-likeness (QED) is 0.790. The lowest BCUT2D eigenvalue weighted by atomic mass is 9.83. The predicted octanol–water partition coefficient (Wildman–Crippen LogP) is 3.76. The van der Waals surface area contributed by atoms with Crippen LogP contribution in [0.5, 0.6) is 0 Å². The van der Waals surface area contributed by atoms with Crippen LogP contribution in [0.25, 0.3) is 0 Å². The molecule has 0 spiro atoms. The van der Waals surface area contributed by atoms with Crippen molar-refractivity contribution in [2.45, 2.75) is 83.7 Å². The van der Waals surface area contributed by atoms with Gasteiger partial charge in [-0.2, -0.15) is 0 Å². The lowest BCUT2D eigenvalue weighted by Crippen LogP contribution is -2.46. The van der Waals surface area contributed by atoms with Crippen molar-refractivity contribution < 1.29 is 14.3 Å². The lowest BCUT2D eigenvalue weighted by molar-refractivity contribution is -0.130. The van der Waals surface area contributed by atoms with Crippen LogP contribution in [0.15, 0.2) is 0 Å². The average molecular weight is 313 g/mol. The number of aliphatic hydroxyl groups is 1.